The van der Waals surface area contributed by atoms with Crippen LogP contribution in [-0.2, 0) is 6.18 Å². The fourth-order valence-electron chi connectivity index (χ4n) is 1.42. The van der Waals surface area contributed by atoms with Crippen LogP contribution in [-0.4, -0.2) is 6.67 Å². The summed E-state index contributed by atoms with van der Waals surface area (Å²) in [5.41, 5.74) is 3.55. The molecule has 0 bridgehead atoms. The van der Waals surface area contributed by atoms with Gasteiger partial charge >= 0.3 is 6.18 Å². The minimum absolute atomic E-state index is 0. The van der Waals surface area contributed by atoms with Gasteiger partial charge in [-0.15, -0.1) is 12.4 Å². The lowest BCUT2D eigenvalue weighted by atomic mass is 9.98. The second-order valence-electron chi connectivity index (χ2n) is 3.29. The smallest absolute Gasteiger partial charge is 0.324 e. The zero-order chi connectivity index (χ0) is 12.3. The highest BCUT2D eigenvalue weighted by Gasteiger charge is 2.37. The van der Waals surface area contributed by atoms with Gasteiger partial charge in [-0.2, -0.15) is 13.2 Å². The molecule has 1 atom stereocenters. The first-order valence-corrected chi connectivity index (χ1v) is 4.55. The number of hydrogen-bond acceptors (Lipinski definition) is 1. The molecule has 17 heavy (non-hydrogen) atoms. The average molecular weight is 276 g/mol. The highest BCUT2D eigenvalue weighted by Crippen LogP contribution is 2.36. The molecule has 2 N–H and O–H groups in total. The van der Waals surface area contributed by atoms with Crippen molar-refractivity contribution < 1.29 is 22.0 Å². The van der Waals surface area contributed by atoms with Crippen LogP contribution in [0.5, 0.6) is 0 Å². The van der Waals surface area contributed by atoms with Crippen LogP contribution in [0.4, 0.5) is 22.0 Å². The molecule has 0 saturated carbocycles. The van der Waals surface area contributed by atoms with Gasteiger partial charge in [0, 0.05) is 6.04 Å². The number of halogens is 6. The molecule has 0 fully saturated rings. The van der Waals surface area contributed by atoms with E-state index in [1.807, 2.05) is 0 Å². The van der Waals surface area contributed by atoms with E-state index in [0.717, 1.165) is 12.1 Å². The van der Waals surface area contributed by atoms with Gasteiger partial charge in [-0.25, -0.2) is 4.39 Å². The molecule has 0 unspecified atom stereocenters. The summed E-state index contributed by atoms with van der Waals surface area (Å²) in [5.74, 6) is -1.39. The minimum Gasteiger partial charge on any atom is -0.324 e. The van der Waals surface area contributed by atoms with Gasteiger partial charge in [0.2, 0.25) is 0 Å². The Morgan fingerprint density at radius 1 is 1.24 bits per heavy atom. The van der Waals surface area contributed by atoms with Crippen LogP contribution in [0.3, 0.4) is 0 Å². The standard InChI is InChI=1S/C10H10F5N.ClH/c11-5-4-8(16)6-2-1-3-7(12)9(6)10(13,14)15;/h1-3,8H,4-5,16H2;1H/t8-;/m0./s1. The minimum atomic E-state index is -4.82. The molecule has 0 amide bonds. The largest absolute Gasteiger partial charge is 0.419 e. The third kappa shape index (κ3) is 3.81. The first-order chi connectivity index (χ1) is 7.38. The summed E-state index contributed by atoms with van der Waals surface area (Å²) in [6.07, 6.45) is -5.10. The van der Waals surface area contributed by atoms with Crippen LogP contribution in [0.1, 0.15) is 23.6 Å². The van der Waals surface area contributed by atoms with Gasteiger partial charge in [-0.05, 0) is 18.1 Å². The molecular weight excluding hydrogens is 265 g/mol. The van der Waals surface area contributed by atoms with Crippen molar-refractivity contribution >= 4 is 12.4 Å². The quantitative estimate of drug-likeness (QED) is 0.838. The van der Waals surface area contributed by atoms with Gasteiger partial charge < -0.3 is 5.73 Å². The Bertz CT molecular complexity index is 366. The van der Waals surface area contributed by atoms with Crippen LogP contribution in [0.2, 0.25) is 0 Å². The Kier molecular flexibility index (Phi) is 5.84. The zero-order valence-corrected chi connectivity index (χ0v) is 9.42. The maximum atomic E-state index is 13.1. The van der Waals surface area contributed by atoms with Crippen LogP contribution in [0, 0.1) is 5.82 Å². The SMILES string of the molecule is Cl.N[C@@H](CCF)c1cccc(F)c1C(F)(F)F. The number of hydrogen-bond donors (Lipinski definition) is 1. The highest BCUT2D eigenvalue weighted by molar-refractivity contribution is 5.85. The lowest BCUT2D eigenvalue weighted by molar-refractivity contribution is -0.140. The Hall–Kier alpha value is -0.880. The maximum absolute atomic E-state index is 13.1. The second kappa shape index (κ2) is 6.16. The summed E-state index contributed by atoms with van der Waals surface area (Å²) in [5, 5.41) is 0. The van der Waals surface area contributed by atoms with E-state index in [1.165, 1.54) is 0 Å². The van der Waals surface area contributed by atoms with Gasteiger partial charge in [-0.1, -0.05) is 12.1 Å². The lowest BCUT2D eigenvalue weighted by Gasteiger charge is -2.17. The first-order valence-electron chi connectivity index (χ1n) is 4.55. The molecule has 1 aromatic carbocycles. The van der Waals surface area contributed by atoms with Gasteiger partial charge in [0.25, 0.3) is 0 Å². The van der Waals surface area contributed by atoms with Crippen molar-refractivity contribution in [3.8, 4) is 0 Å². The van der Waals surface area contributed by atoms with Gasteiger partial charge in [0.1, 0.15) is 5.82 Å². The number of nitrogens with two attached hydrogens (primary N) is 1. The van der Waals surface area contributed by atoms with E-state index < -0.39 is 35.8 Å². The van der Waals surface area contributed by atoms with Crippen molar-refractivity contribution in [2.45, 2.75) is 18.6 Å². The van der Waals surface area contributed by atoms with Gasteiger partial charge in [0.05, 0.1) is 12.2 Å². The molecule has 0 aliphatic heterocycles. The Morgan fingerprint density at radius 2 is 1.82 bits per heavy atom. The molecular formula is C10H11ClF5N. The topological polar surface area (TPSA) is 26.0 Å². The molecule has 1 rings (SSSR count). The summed E-state index contributed by atoms with van der Waals surface area (Å²) in [6, 6.07) is 1.73. The fourth-order valence-corrected chi connectivity index (χ4v) is 1.42. The molecule has 7 heteroatoms. The van der Waals surface area contributed by atoms with Crippen molar-refractivity contribution in [2.24, 2.45) is 5.73 Å². The Balaban J connectivity index is 0.00000256. The summed E-state index contributed by atoms with van der Waals surface area (Å²) in [4.78, 5) is 0. The normalized spacial score (nSPS) is 13.1. The molecule has 0 aliphatic rings. The van der Waals surface area contributed by atoms with E-state index in [2.05, 4.69) is 0 Å². The summed E-state index contributed by atoms with van der Waals surface area (Å²) < 4.78 is 62.6. The highest BCUT2D eigenvalue weighted by atomic mass is 35.5. The van der Waals surface area contributed by atoms with Gasteiger partial charge in [-0.3, -0.25) is 4.39 Å². The fraction of sp³-hybridized carbons (Fsp3) is 0.400. The van der Waals surface area contributed by atoms with Crippen molar-refractivity contribution in [3.05, 3.63) is 35.1 Å². The molecule has 0 radical (unpaired) electrons. The Labute approximate surface area is 101 Å². The second-order valence-corrected chi connectivity index (χ2v) is 3.29. The molecule has 0 aromatic heterocycles. The van der Waals surface area contributed by atoms with E-state index >= 15 is 0 Å². The summed E-state index contributed by atoms with van der Waals surface area (Å²) >= 11 is 0. The van der Waals surface area contributed by atoms with E-state index in [4.69, 9.17) is 5.73 Å². The van der Waals surface area contributed by atoms with E-state index in [0.29, 0.717) is 6.07 Å². The monoisotopic (exact) mass is 275 g/mol. The first kappa shape index (κ1) is 16.1. The molecule has 0 spiro atoms. The third-order valence-corrected chi connectivity index (χ3v) is 2.15. The number of alkyl halides is 4. The summed E-state index contributed by atoms with van der Waals surface area (Å²) in [7, 11) is 0. The molecule has 1 nitrogen and oxygen atoms in total. The lowest BCUT2D eigenvalue weighted by Crippen LogP contribution is -2.19. The van der Waals surface area contributed by atoms with E-state index in [1.54, 1.807) is 0 Å². The molecule has 0 heterocycles. The van der Waals surface area contributed by atoms with Crippen molar-refractivity contribution in [1.82, 2.24) is 0 Å². The number of rotatable bonds is 3. The van der Waals surface area contributed by atoms with Crippen molar-refractivity contribution in [1.29, 1.82) is 0 Å². The zero-order valence-electron chi connectivity index (χ0n) is 8.60. The summed E-state index contributed by atoms with van der Waals surface area (Å²) in [6.45, 7) is -0.852. The predicted molar refractivity (Wildman–Crippen MR) is 56.2 cm³/mol. The van der Waals surface area contributed by atoms with Crippen LogP contribution in [0.15, 0.2) is 18.2 Å². The molecule has 1 aromatic rings. The van der Waals surface area contributed by atoms with Gasteiger partial charge in [0.15, 0.2) is 0 Å². The Morgan fingerprint density at radius 3 is 2.29 bits per heavy atom. The number of benzene rings is 1. The van der Waals surface area contributed by atoms with Crippen LogP contribution >= 0.6 is 12.4 Å². The third-order valence-electron chi connectivity index (χ3n) is 2.15. The van der Waals surface area contributed by atoms with Crippen LogP contribution < -0.4 is 5.73 Å². The maximum Gasteiger partial charge on any atom is 0.419 e. The van der Waals surface area contributed by atoms with E-state index in [9.17, 15) is 22.0 Å². The van der Waals surface area contributed by atoms with E-state index in [-0.39, 0.29) is 18.8 Å². The van der Waals surface area contributed by atoms with Crippen molar-refractivity contribution in [3.63, 3.8) is 0 Å². The average Bonchev–Trinajstić information content (AvgIpc) is 2.15. The van der Waals surface area contributed by atoms with Crippen molar-refractivity contribution in [2.75, 3.05) is 6.67 Å². The molecule has 98 valence electrons. The molecule has 0 saturated heterocycles. The molecule has 0 aliphatic carbocycles. The predicted octanol–water partition coefficient (Wildman–Crippen LogP) is 3.63. The van der Waals surface area contributed by atoms with Crippen LogP contribution in [0.25, 0.3) is 0 Å².